The quantitative estimate of drug-likeness (QED) is 0.0484. The van der Waals surface area contributed by atoms with Crippen LogP contribution in [0.4, 0.5) is 4.79 Å². The second kappa shape index (κ2) is 25.5. The molecule has 9 rings (SSSR count). The van der Waals surface area contributed by atoms with Crippen molar-refractivity contribution in [3.8, 4) is 28.4 Å². The number of ether oxygens (including phenoxy) is 6. The summed E-state index contributed by atoms with van der Waals surface area (Å²) in [6.07, 6.45) is 3.44. The van der Waals surface area contributed by atoms with Crippen molar-refractivity contribution in [1.82, 2.24) is 44.8 Å². The molecule has 2 aliphatic rings. The first kappa shape index (κ1) is 54.9. The average Bonchev–Trinajstić information content (AvgIpc) is 4.41. The molecule has 2 unspecified atom stereocenters. The van der Waals surface area contributed by atoms with E-state index in [1.807, 2.05) is 86.9 Å². The number of aromatic nitrogens is 5. The van der Waals surface area contributed by atoms with Crippen LogP contribution in [-0.2, 0) is 35.1 Å². The van der Waals surface area contributed by atoms with Crippen LogP contribution in [-0.4, -0.2) is 149 Å². The minimum absolute atomic E-state index is 0.0236. The van der Waals surface area contributed by atoms with Gasteiger partial charge in [-0.25, -0.2) is 14.2 Å². The normalized spacial score (nSPS) is 15.5. The molecule has 2 atom stereocenters. The highest BCUT2D eigenvalue weighted by Gasteiger charge is 2.46. The summed E-state index contributed by atoms with van der Waals surface area (Å²) in [5, 5.41) is 17.7. The number of primary amides is 1. The molecule has 0 spiro atoms. The molecule has 5 amide bonds. The summed E-state index contributed by atoms with van der Waals surface area (Å²) in [4.78, 5) is 63.3. The van der Waals surface area contributed by atoms with Crippen molar-refractivity contribution < 1.29 is 47.6 Å². The van der Waals surface area contributed by atoms with Crippen LogP contribution in [0.1, 0.15) is 53.0 Å². The third kappa shape index (κ3) is 13.2. The summed E-state index contributed by atoms with van der Waals surface area (Å²) in [6.45, 7) is 4.49. The molecule has 406 valence electrons. The first-order valence-corrected chi connectivity index (χ1v) is 25.8. The number of nitrogens with one attached hydrogen (secondary N) is 1. The fourth-order valence-corrected chi connectivity index (χ4v) is 9.18. The van der Waals surface area contributed by atoms with Crippen LogP contribution in [0.2, 0.25) is 10.0 Å². The summed E-state index contributed by atoms with van der Waals surface area (Å²) in [6, 6.07) is 31.2. The van der Waals surface area contributed by atoms with Gasteiger partial charge in [0.25, 0.3) is 5.91 Å². The molecule has 0 bridgehead atoms. The number of piperazine rings is 1. The second-order valence-electron chi connectivity index (χ2n) is 18.4. The number of hydrogen-bond acceptors (Lipinski definition) is 14. The number of nitrogens with zero attached hydrogens (tertiary/aromatic N) is 9. The molecule has 2 aromatic heterocycles. The predicted octanol–water partition coefficient (Wildman–Crippen LogP) is 7.05. The maximum atomic E-state index is 15.0. The Morgan fingerprint density at radius 3 is 2.22 bits per heavy atom. The van der Waals surface area contributed by atoms with Crippen molar-refractivity contribution in [2.75, 3.05) is 73.4 Å². The third-order valence-electron chi connectivity index (χ3n) is 12.7. The van der Waals surface area contributed by atoms with Gasteiger partial charge in [0.1, 0.15) is 54.7 Å². The molecule has 0 saturated carbocycles. The molecule has 1 fully saturated rings. The fraction of sp³-hybridized carbons (Fsp3) is 0.309. The molecule has 23 heteroatoms. The first-order chi connectivity index (χ1) is 37.8. The molecule has 2 aliphatic heterocycles. The number of amides is 5. The van der Waals surface area contributed by atoms with Crippen LogP contribution in [0.15, 0.2) is 127 Å². The van der Waals surface area contributed by atoms with E-state index in [1.54, 1.807) is 69.9 Å². The Bertz CT molecular complexity index is 3260. The Kier molecular flexibility index (Phi) is 17.9. The van der Waals surface area contributed by atoms with Crippen molar-refractivity contribution in [2.45, 2.75) is 38.6 Å². The number of amidine groups is 1. The molecular formula is C55H57Cl2N11O10. The summed E-state index contributed by atoms with van der Waals surface area (Å²) in [5.74, 6) is 0.0711. The van der Waals surface area contributed by atoms with Crippen LogP contribution < -0.4 is 20.5 Å². The van der Waals surface area contributed by atoms with Crippen molar-refractivity contribution >= 4 is 63.7 Å². The van der Waals surface area contributed by atoms with E-state index >= 15 is 4.79 Å². The number of fused-ring (bicyclic) bond motifs is 1. The molecule has 7 aromatic rings. The van der Waals surface area contributed by atoms with Crippen LogP contribution in [0.25, 0.3) is 27.8 Å². The number of hydrogen-bond donors (Lipinski definition) is 2. The Labute approximate surface area is 459 Å². The van der Waals surface area contributed by atoms with Crippen LogP contribution in [0.5, 0.6) is 11.5 Å². The van der Waals surface area contributed by atoms with Gasteiger partial charge in [0, 0.05) is 52.9 Å². The van der Waals surface area contributed by atoms with E-state index in [1.165, 1.54) is 9.80 Å². The molecule has 1 saturated heterocycles. The Hall–Kier alpha value is -7.92. The van der Waals surface area contributed by atoms with Crippen LogP contribution >= 0.6 is 23.2 Å². The van der Waals surface area contributed by atoms with Crippen molar-refractivity contribution in [1.29, 1.82) is 0 Å². The second-order valence-corrected chi connectivity index (χ2v) is 19.3. The standard InChI is InChI=1S/C55H57Cl2N11O10/c1-35(2)78-47-27-43(73-3)19-20-44(47)54-60-51(37-7-13-40(56)14-8-37)52(38-9-15-41(57)16-10-38)68(54)55(72)65-23-22-64(49(70)31-65)30-48(69)59-21-25-74-32-76-34-77-33-75-26-24-66-29-46(61-63-66)36-11-17-42(18-12-36)67-28-39-5-4-6-45(53(58)71)50(39)62-67/h4-20,27-29,35,51-52H,21-26,30-34H2,1-3H3,(H2,58,71)(H,59,69). The van der Waals surface area contributed by atoms with Gasteiger partial charge in [-0.1, -0.05) is 76.9 Å². The zero-order valence-electron chi connectivity index (χ0n) is 43.0. The summed E-state index contributed by atoms with van der Waals surface area (Å²) in [7, 11) is 1.56. The summed E-state index contributed by atoms with van der Waals surface area (Å²) in [5.41, 5.74) is 10.9. The van der Waals surface area contributed by atoms with E-state index in [-0.39, 0.29) is 71.7 Å². The topological polar surface area (TPSA) is 232 Å². The predicted molar refractivity (Wildman–Crippen MR) is 289 cm³/mol. The smallest absolute Gasteiger partial charge is 0.326 e. The minimum Gasteiger partial charge on any atom is -0.497 e. The molecular weight excluding hydrogens is 1050 g/mol. The lowest BCUT2D eigenvalue weighted by molar-refractivity contribution is -0.170. The molecule has 0 radical (unpaired) electrons. The van der Waals surface area contributed by atoms with Gasteiger partial charge in [-0.2, -0.15) is 5.10 Å². The van der Waals surface area contributed by atoms with Gasteiger partial charge in [-0.15, -0.1) is 5.10 Å². The number of nitrogens with two attached hydrogens (primary N) is 1. The Morgan fingerprint density at radius 1 is 0.821 bits per heavy atom. The number of carbonyl (C=O) groups is 4. The van der Waals surface area contributed by atoms with Crippen LogP contribution in [0.3, 0.4) is 0 Å². The Morgan fingerprint density at radius 2 is 1.53 bits per heavy atom. The fourth-order valence-electron chi connectivity index (χ4n) is 8.93. The molecule has 3 N–H and O–H groups in total. The molecule has 78 heavy (non-hydrogen) atoms. The van der Waals surface area contributed by atoms with E-state index in [4.69, 9.17) is 62.3 Å². The number of benzene rings is 5. The van der Waals surface area contributed by atoms with E-state index in [0.717, 1.165) is 27.8 Å². The van der Waals surface area contributed by atoms with Crippen molar-refractivity contribution in [3.63, 3.8) is 0 Å². The number of methoxy groups -OCH3 is 1. The highest BCUT2D eigenvalue weighted by molar-refractivity contribution is 6.30. The van der Waals surface area contributed by atoms with E-state index in [2.05, 4.69) is 20.7 Å². The monoisotopic (exact) mass is 1100 g/mol. The molecule has 5 aromatic carbocycles. The van der Waals surface area contributed by atoms with Crippen LogP contribution in [0, 0.1) is 0 Å². The van der Waals surface area contributed by atoms with E-state index < -0.39 is 29.9 Å². The average molecular weight is 1100 g/mol. The SMILES string of the molecule is COc1ccc(C2=NC(c3ccc(Cl)cc3)C(c3ccc(Cl)cc3)N2C(=O)N2CCN(CC(=O)NCCOCOCOCOCCn3cc(-c4ccc(-n5cc6cccc(C(N)=O)c6n5)cc4)nn3)C(=O)C2)c(OC(C)C)c1. The van der Waals surface area contributed by atoms with Crippen molar-refractivity contribution in [3.05, 3.63) is 154 Å². The van der Waals surface area contributed by atoms with E-state index in [0.29, 0.717) is 62.9 Å². The van der Waals surface area contributed by atoms with Crippen molar-refractivity contribution in [2.24, 2.45) is 10.7 Å². The first-order valence-electron chi connectivity index (χ1n) is 25.0. The number of aliphatic imine (C=N–C) groups is 1. The highest BCUT2D eigenvalue weighted by atomic mass is 35.5. The third-order valence-corrected chi connectivity index (χ3v) is 13.2. The van der Waals surface area contributed by atoms with Gasteiger partial charge in [-0.3, -0.25) is 24.3 Å². The molecule has 21 nitrogen and oxygen atoms in total. The van der Waals surface area contributed by atoms with Gasteiger partial charge < -0.3 is 49.3 Å². The van der Waals surface area contributed by atoms with Gasteiger partial charge in [0.15, 0.2) is 6.79 Å². The number of rotatable bonds is 23. The summed E-state index contributed by atoms with van der Waals surface area (Å²) >= 11 is 12.7. The summed E-state index contributed by atoms with van der Waals surface area (Å²) < 4.78 is 36.9. The lowest BCUT2D eigenvalue weighted by atomic mass is 9.93. The lowest BCUT2D eigenvalue weighted by Gasteiger charge is -2.38. The van der Waals surface area contributed by atoms with Gasteiger partial charge >= 0.3 is 6.03 Å². The lowest BCUT2D eigenvalue weighted by Crippen LogP contribution is -2.57. The largest absolute Gasteiger partial charge is 0.497 e. The number of halogens is 2. The minimum atomic E-state index is -0.662. The Balaban J connectivity index is 0.692. The van der Waals surface area contributed by atoms with Gasteiger partial charge in [-0.05, 0) is 79.6 Å². The number of urea groups is 1. The molecule has 4 heterocycles. The maximum Gasteiger partial charge on any atom is 0.326 e. The number of carbonyl (C=O) groups excluding carboxylic acids is 4. The van der Waals surface area contributed by atoms with E-state index in [9.17, 15) is 14.4 Å². The maximum absolute atomic E-state index is 15.0. The zero-order chi connectivity index (χ0) is 54.7. The molecule has 0 aliphatic carbocycles. The zero-order valence-corrected chi connectivity index (χ0v) is 44.5. The highest BCUT2D eigenvalue weighted by Crippen LogP contribution is 2.46. The van der Waals surface area contributed by atoms with Gasteiger partial charge in [0.05, 0.1) is 68.6 Å². The van der Waals surface area contributed by atoms with Gasteiger partial charge in [0.2, 0.25) is 11.8 Å².